The lowest BCUT2D eigenvalue weighted by Gasteiger charge is -2.04. The summed E-state index contributed by atoms with van der Waals surface area (Å²) < 4.78 is 5.11. The van der Waals surface area contributed by atoms with Gasteiger partial charge in [0.05, 0.1) is 6.61 Å². The van der Waals surface area contributed by atoms with Crippen molar-refractivity contribution >= 4 is 11.8 Å². The van der Waals surface area contributed by atoms with Gasteiger partial charge in [-0.15, -0.1) is 0 Å². The van der Waals surface area contributed by atoms with Gasteiger partial charge in [0, 0.05) is 0 Å². The molecule has 0 aliphatic heterocycles. The average molecular weight is 236 g/mol. The Morgan fingerprint density at radius 1 is 1.29 bits per heavy atom. The Morgan fingerprint density at radius 3 is 2.76 bits per heavy atom. The first-order chi connectivity index (χ1) is 8.24. The molecule has 0 atom stereocenters. The van der Waals surface area contributed by atoms with Gasteiger partial charge in [-0.05, 0) is 18.6 Å². The van der Waals surface area contributed by atoms with Crippen molar-refractivity contribution in [3.8, 4) is 0 Å². The second-order valence-corrected chi connectivity index (χ2v) is 4.00. The van der Waals surface area contributed by atoms with E-state index in [0.717, 1.165) is 12.8 Å². The minimum atomic E-state index is -0.396. The first kappa shape index (κ1) is 13.5. The second-order valence-electron chi connectivity index (χ2n) is 4.00. The molecule has 0 spiro atoms. The fourth-order valence-electron chi connectivity index (χ4n) is 1.51. The van der Waals surface area contributed by atoms with E-state index in [1.807, 2.05) is 0 Å². The number of unbranched alkanes of at least 4 members (excludes halogenated alkanes) is 4. The SMILES string of the molecule is CCCCCCCOC(=O)c1cccc(N)n1. The van der Waals surface area contributed by atoms with E-state index in [1.165, 1.54) is 19.3 Å². The molecule has 1 rings (SSSR count). The number of ether oxygens (including phenoxy) is 1. The number of pyridine rings is 1. The van der Waals surface area contributed by atoms with Gasteiger partial charge < -0.3 is 10.5 Å². The molecule has 1 aromatic rings. The summed E-state index contributed by atoms with van der Waals surface area (Å²) >= 11 is 0. The van der Waals surface area contributed by atoms with Crippen molar-refractivity contribution in [1.29, 1.82) is 0 Å². The molecule has 0 saturated carbocycles. The van der Waals surface area contributed by atoms with Gasteiger partial charge in [0.25, 0.3) is 0 Å². The van der Waals surface area contributed by atoms with Crippen molar-refractivity contribution in [1.82, 2.24) is 4.98 Å². The summed E-state index contributed by atoms with van der Waals surface area (Å²) in [6, 6.07) is 4.94. The van der Waals surface area contributed by atoms with Crippen molar-refractivity contribution < 1.29 is 9.53 Å². The van der Waals surface area contributed by atoms with E-state index in [9.17, 15) is 4.79 Å². The molecule has 0 saturated heterocycles. The second kappa shape index (κ2) is 7.65. The van der Waals surface area contributed by atoms with Crippen LogP contribution in [0.5, 0.6) is 0 Å². The monoisotopic (exact) mass is 236 g/mol. The summed E-state index contributed by atoms with van der Waals surface area (Å²) in [5.74, 6) is -0.0600. The first-order valence-electron chi connectivity index (χ1n) is 6.13. The van der Waals surface area contributed by atoms with Crippen LogP contribution in [0.2, 0.25) is 0 Å². The van der Waals surface area contributed by atoms with Crippen molar-refractivity contribution in [3.05, 3.63) is 23.9 Å². The quantitative estimate of drug-likeness (QED) is 0.584. The number of nitrogens with zero attached hydrogens (tertiary/aromatic N) is 1. The van der Waals surface area contributed by atoms with Crippen LogP contribution >= 0.6 is 0 Å². The molecule has 0 aliphatic carbocycles. The van der Waals surface area contributed by atoms with Crippen LogP contribution in [-0.4, -0.2) is 17.6 Å². The standard InChI is InChI=1S/C13H20N2O2/c1-2-3-4-5-6-10-17-13(16)11-8-7-9-12(14)15-11/h7-9H,2-6,10H2,1H3,(H2,14,15). The number of rotatable bonds is 7. The van der Waals surface area contributed by atoms with Gasteiger partial charge in [0.1, 0.15) is 5.82 Å². The number of esters is 1. The largest absolute Gasteiger partial charge is 0.461 e. The van der Waals surface area contributed by atoms with Gasteiger partial charge in [-0.25, -0.2) is 9.78 Å². The number of nitrogens with two attached hydrogens (primary N) is 1. The molecule has 0 unspecified atom stereocenters. The highest BCUT2D eigenvalue weighted by atomic mass is 16.5. The molecule has 94 valence electrons. The van der Waals surface area contributed by atoms with E-state index < -0.39 is 5.97 Å². The zero-order chi connectivity index (χ0) is 12.5. The molecule has 0 aromatic carbocycles. The van der Waals surface area contributed by atoms with E-state index in [1.54, 1.807) is 18.2 Å². The summed E-state index contributed by atoms with van der Waals surface area (Å²) in [5, 5.41) is 0. The molecule has 2 N–H and O–H groups in total. The molecular formula is C13H20N2O2. The van der Waals surface area contributed by atoms with E-state index >= 15 is 0 Å². The molecule has 0 bridgehead atoms. The molecule has 0 radical (unpaired) electrons. The summed E-state index contributed by atoms with van der Waals surface area (Å²) in [6.45, 7) is 2.63. The topological polar surface area (TPSA) is 65.2 Å². The maximum atomic E-state index is 11.5. The molecule has 0 aliphatic rings. The molecule has 4 heteroatoms. The first-order valence-corrected chi connectivity index (χ1v) is 6.13. The number of aromatic nitrogens is 1. The fraction of sp³-hybridized carbons (Fsp3) is 0.538. The van der Waals surface area contributed by atoms with Crippen LogP contribution in [-0.2, 0) is 4.74 Å². The normalized spacial score (nSPS) is 10.2. The lowest BCUT2D eigenvalue weighted by Crippen LogP contribution is -2.09. The van der Waals surface area contributed by atoms with E-state index in [2.05, 4.69) is 11.9 Å². The zero-order valence-corrected chi connectivity index (χ0v) is 10.3. The van der Waals surface area contributed by atoms with E-state index in [4.69, 9.17) is 10.5 Å². The smallest absolute Gasteiger partial charge is 0.357 e. The van der Waals surface area contributed by atoms with Gasteiger partial charge in [-0.2, -0.15) is 0 Å². The molecule has 1 aromatic heterocycles. The number of hydrogen-bond donors (Lipinski definition) is 1. The number of hydrogen-bond acceptors (Lipinski definition) is 4. The van der Waals surface area contributed by atoms with Gasteiger partial charge in [-0.1, -0.05) is 38.7 Å². The Bertz CT molecular complexity index is 353. The number of anilines is 1. The van der Waals surface area contributed by atoms with Crippen LogP contribution in [0.1, 0.15) is 49.5 Å². The van der Waals surface area contributed by atoms with Gasteiger partial charge in [0.15, 0.2) is 5.69 Å². The zero-order valence-electron chi connectivity index (χ0n) is 10.3. The Kier molecular flexibility index (Phi) is 6.07. The summed E-state index contributed by atoms with van der Waals surface area (Å²) in [6.07, 6.45) is 5.67. The molecular weight excluding hydrogens is 216 g/mol. The van der Waals surface area contributed by atoms with Crippen molar-refractivity contribution in [2.75, 3.05) is 12.3 Å². The lowest BCUT2D eigenvalue weighted by molar-refractivity contribution is 0.0491. The van der Waals surface area contributed by atoms with Gasteiger partial charge >= 0.3 is 5.97 Å². The Hall–Kier alpha value is -1.58. The molecule has 1 heterocycles. The third-order valence-corrected chi connectivity index (χ3v) is 2.46. The molecule has 4 nitrogen and oxygen atoms in total. The Balaban J connectivity index is 2.21. The van der Waals surface area contributed by atoms with Gasteiger partial charge in [-0.3, -0.25) is 0 Å². The minimum absolute atomic E-state index is 0.276. The number of carbonyl (C=O) groups is 1. The van der Waals surface area contributed by atoms with Crippen LogP contribution in [0.25, 0.3) is 0 Å². The third kappa shape index (κ3) is 5.33. The predicted molar refractivity (Wildman–Crippen MR) is 67.7 cm³/mol. The van der Waals surface area contributed by atoms with E-state index in [-0.39, 0.29) is 5.69 Å². The Morgan fingerprint density at radius 2 is 2.06 bits per heavy atom. The minimum Gasteiger partial charge on any atom is -0.461 e. The summed E-state index contributed by atoms with van der Waals surface area (Å²) in [7, 11) is 0. The number of carbonyl (C=O) groups excluding carboxylic acids is 1. The van der Waals surface area contributed by atoms with Gasteiger partial charge in [0.2, 0.25) is 0 Å². The highest BCUT2D eigenvalue weighted by Gasteiger charge is 2.08. The third-order valence-electron chi connectivity index (χ3n) is 2.46. The van der Waals surface area contributed by atoms with Crippen molar-refractivity contribution in [2.24, 2.45) is 0 Å². The van der Waals surface area contributed by atoms with Crippen molar-refractivity contribution in [2.45, 2.75) is 39.0 Å². The van der Waals surface area contributed by atoms with Crippen LogP contribution in [0.4, 0.5) is 5.82 Å². The summed E-state index contributed by atoms with van der Waals surface area (Å²) in [5.41, 5.74) is 5.76. The maximum absolute atomic E-state index is 11.5. The molecule has 0 fully saturated rings. The van der Waals surface area contributed by atoms with Crippen LogP contribution in [0.3, 0.4) is 0 Å². The van der Waals surface area contributed by atoms with Crippen molar-refractivity contribution in [3.63, 3.8) is 0 Å². The Labute approximate surface area is 102 Å². The average Bonchev–Trinajstić information content (AvgIpc) is 2.33. The molecule has 0 amide bonds. The lowest BCUT2D eigenvalue weighted by atomic mass is 10.2. The highest BCUT2D eigenvalue weighted by Crippen LogP contribution is 2.05. The highest BCUT2D eigenvalue weighted by molar-refractivity contribution is 5.87. The van der Waals surface area contributed by atoms with E-state index in [0.29, 0.717) is 12.4 Å². The number of nitrogen functional groups attached to an aromatic ring is 1. The maximum Gasteiger partial charge on any atom is 0.357 e. The predicted octanol–water partition coefficient (Wildman–Crippen LogP) is 2.79. The van der Waals surface area contributed by atoms with Crippen LogP contribution in [0.15, 0.2) is 18.2 Å². The van der Waals surface area contributed by atoms with Crippen LogP contribution in [0, 0.1) is 0 Å². The summed E-state index contributed by atoms with van der Waals surface area (Å²) in [4.78, 5) is 15.5. The molecule has 17 heavy (non-hydrogen) atoms. The fourth-order valence-corrected chi connectivity index (χ4v) is 1.51. The van der Waals surface area contributed by atoms with Crippen LogP contribution < -0.4 is 5.73 Å².